The highest BCUT2D eigenvalue weighted by Gasteiger charge is 2.25. The Bertz CT molecular complexity index is 987. The lowest BCUT2D eigenvalue weighted by Gasteiger charge is -2.11. The maximum Gasteiger partial charge on any atom is 0.419 e. The summed E-state index contributed by atoms with van der Waals surface area (Å²) in [5.41, 5.74) is 6.52. The number of imide groups is 1. The molecule has 2 aromatic carbocycles. The van der Waals surface area contributed by atoms with Gasteiger partial charge in [-0.2, -0.15) is 0 Å². The van der Waals surface area contributed by atoms with E-state index in [0.29, 0.717) is 11.3 Å². The van der Waals surface area contributed by atoms with Crippen LogP contribution in [-0.2, 0) is 25.5 Å². The highest BCUT2D eigenvalue weighted by Crippen LogP contribution is 2.25. The second-order valence-electron chi connectivity index (χ2n) is 6.11. The standard InChI is InChI=1S/C20H17FN2O6/c1-27-19(25)16(22)9-12-4-7-14(10-15(12)21)28-13-5-2-11(3-6-13)8-17-18(24)23-20(26)29-17/h2-8,10,16H,9,22H2,1H3,(H,23,24,26)/b17-8-. The highest BCUT2D eigenvalue weighted by molar-refractivity contribution is 6.09. The van der Waals surface area contributed by atoms with Gasteiger partial charge in [-0.1, -0.05) is 18.2 Å². The second kappa shape index (κ2) is 8.53. The zero-order chi connectivity index (χ0) is 21.0. The van der Waals surface area contributed by atoms with Gasteiger partial charge in [-0.25, -0.2) is 9.18 Å². The van der Waals surface area contributed by atoms with Gasteiger partial charge in [0.2, 0.25) is 0 Å². The number of alkyl carbamates (subject to hydrolysis) is 1. The molecule has 0 radical (unpaired) electrons. The van der Waals surface area contributed by atoms with E-state index in [0.717, 1.165) is 0 Å². The van der Waals surface area contributed by atoms with Crippen molar-refractivity contribution in [1.29, 1.82) is 0 Å². The number of esters is 1. The maximum absolute atomic E-state index is 14.3. The first-order chi connectivity index (χ1) is 13.9. The lowest BCUT2D eigenvalue weighted by Crippen LogP contribution is -2.33. The molecule has 1 saturated heterocycles. The summed E-state index contributed by atoms with van der Waals surface area (Å²) >= 11 is 0. The molecule has 0 aromatic heterocycles. The van der Waals surface area contributed by atoms with Gasteiger partial charge in [0.1, 0.15) is 23.4 Å². The smallest absolute Gasteiger partial charge is 0.419 e. The van der Waals surface area contributed by atoms with Gasteiger partial charge in [0.15, 0.2) is 5.76 Å². The number of halogens is 1. The monoisotopic (exact) mass is 400 g/mol. The summed E-state index contributed by atoms with van der Waals surface area (Å²) in [5, 5.41) is 2.00. The van der Waals surface area contributed by atoms with Gasteiger partial charge >= 0.3 is 12.1 Å². The first-order valence-corrected chi connectivity index (χ1v) is 8.50. The molecule has 0 aliphatic carbocycles. The largest absolute Gasteiger partial charge is 0.468 e. The van der Waals surface area contributed by atoms with Crippen molar-refractivity contribution >= 4 is 24.0 Å². The first-order valence-electron chi connectivity index (χ1n) is 8.50. The molecule has 1 atom stereocenters. The van der Waals surface area contributed by atoms with Gasteiger partial charge in [0, 0.05) is 12.5 Å². The van der Waals surface area contributed by atoms with E-state index < -0.39 is 29.8 Å². The molecule has 0 spiro atoms. The third-order valence-corrected chi connectivity index (χ3v) is 4.02. The summed E-state index contributed by atoms with van der Waals surface area (Å²) in [6, 6.07) is 9.78. The summed E-state index contributed by atoms with van der Waals surface area (Å²) in [4.78, 5) is 33.8. The Morgan fingerprint density at radius 1 is 1.21 bits per heavy atom. The molecule has 2 amide bonds. The van der Waals surface area contributed by atoms with E-state index in [9.17, 15) is 18.8 Å². The molecular weight excluding hydrogens is 383 g/mol. The van der Waals surface area contributed by atoms with Crippen molar-refractivity contribution in [3.63, 3.8) is 0 Å². The number of amides is 2. The quantitative estimate of drug-likeness (QED) is 0.564. The molecule has 0 bridgehead atoms. The van der Waals surface area contributed by atoms with E-state index in [1.807, 2.05) is 5.32 Å². The number of hydrogen-bond donors (Lipinski definition) is 2. The van der Waals surface area contributed by atoms with Gasteiger partial charge in [-0.3, -0.25) is 14.9 Å². The molecular formula is C20H17FN2O6. The molecule has 9 heteroatoms. The average Bonchev–Trinajstić information content (AvgIpc) is 3.01. The zero-order valence-corrected chi connectivity index (χ0v) is 15.3. The SMILES string of the molecule is COC(=O)C(N)Cc1ccc(Oc2ccc(/C=C3\OC(=O)NC3=O)cc2)cc1F. The fourth-order valence-electron chi connectivity index (χ4n) is 2.57. The molecule has 1 aliphatic rings. The van der Waals surface area contributed by atoms with Crippen LogP contribution in [0.15, 0.2) is 48.2 Å². The van der Waals surface area contributed by atoms with Crippen LogP contribution in [0.25, 0.3) is 6.08 Å². The number of methoxy groups -OCH3 is 1. The number of nitrogens with two attached hydrogens (primary N) is 1. The number of hydrogen-bond acceptors (Lipinski definition) is 7. The minimum absolute atomic E-state index is 0.000300. The minimum Gasteiger partial charge on any atom is -0.468 e. The van der Waals surface area contributed by atoms with Crippen LogP contribution in [0.1, 0.15) is 11.1 Å². The number of nitrogens with one attached hydrogen (secondary N) is 1. The lowest BCUT2D eigenvalue weighted by atomic mass is 10.1. The summed E-state index contributed by atoms with van der Waals surface area (Å²) in [6.07, 6.45) is 0.586. The van der Waals surface area contributed by atoms with Crippen LogP contribution in [0.4, 0.5) is 9.18 Å². The Hall–Kier alpha value is -3.72. The first kappa shape index (κ1) is 20.0. The molecule has 0 saturated carbocycles. The van der Waals surface area contributed by atoms with Crippen molar-refractivity contribution < 1.29 is 33.0 Å². The van der Waals surface area contributed by atoms with Gasteiger partial charge < -0.3 is 19.9 Å². The topological polar surface area (TPSA) is 117 Å². The number of ether oxygens (including phenoxy) is 3. The van der Waals surface area contributed by atoms with Crippen LogP contribution in [0.3, 0.4) is 0 Å². The van der Waals surface area contributed by atoms with Crippen molar-refractivity contribution in [1.82, 2.24) is 5.32 Å². The lowest BCUT2D eigenvalue weighted by molar-refractivity contribution is -0.142. The van der Waals surface area contributed by atoms with Crippen molar-refractivity contribution in [3.8, 4) is 11.5 Å². The predicted molar refractivity (Wildman–Crippen MR) is 99.2 cm³/mol. The Morgan fingerprint density at radius 3 is 2.48 bits per heavy atom. The summed E-state index contributed by atoms with van der Waals surface area (Å²) in [7, 11) is 1.21. The predicted octanol–water partition coefficient (Wildman–Crippen LogP) is 2.27. The molecule has 1 fully saturated rings. The van der Waals surface area contributed by atoms with Gasteiger partial charge in [0.25, 0.3) is 5.91 Å². The zero-order valence-electron chi connectivity index (χ0n) is 15.3. The fourth-order valence-corrected chi connectivity index (χ4v) is 2.57. The van der Waals surface area contributed by atoms with Crippen molar-refractivity contribution in [2.24, 2.45) is 5.73 Å². The number of carbonyl (C=O) groups excluding carboxylic acids is 3. The molecule has 1 unspecified atom stereocenters. The number of rotatable bonds is 6. The van der Waals surface area contributed by atoms with Crippen LogP contribution in [-0.4, -0.2) is 31.1 Å². The molecule has 3 rings (SSSR count). The Kier molecular flexibility index (Phi) is 5.89. The van der Waals surface area contributed by atoms with E-state index in [2.05, 4.69) is 4.74 Å². The number of benzene rings is 2. The van der Waals surface area contributed by atoms with Gasteiger partial charge in [-0.05, 0) is 35.4 Å². The molecule has 1 aliphatic heterocycles. The Balaban J connectivity index is 1.66. The van der Waals surface area contributed by atoms with Gasteiger partial charge in [0.05, 0.1) is 7.11 Å². The van der Waals surface area contributed by atoms with Crippen LogP contribution in [0.5, 0.6) is 11.5 Å². The van der Waals surface area contributed by atoms with Crippen LogP contribution in [0, 0.1) is 5.82 Å². The third kappa shape index (κ3) is 4.96. The van der Waals surface area contributed by atoms with Crippen LogP contribution < -0.4 is 15.8 Å². The van der Waals surface area contributed by atoms with Crippen molar-refractivity contribution in [2.45, 2.75) is 12.5 Å². The Labute approximate surface area is 165 Å². The summed E-state index contributed by atoms with van der Waals surface area (Å²) in [5.74, 6) is -1.21. The summed E-state index contributed by atoms with van der Waals surface area (Å²) < 4.78 is 29.1. The molecule has 150 valence electrons. The van der Waals surface area contributed by atoms with E-state index >= 15 is 0 Å². The number of cyclic esters (lactones) is 1. The van der Waals surface area contributed by atoms with Crippen LogP contribution >= 0.6 is 0 Å². The second-order valence-corrected chi connectivity index (χ2v) is 6.11. The van der Waals surface area contributed by atoms with Crippen molar-refractivity contribution in [2.75, 3.05) is 7.11 Å². The Morgan fingerprint density at radius 2 is 1.90 bits per heavy atom. The fraction of sp³-hybridized carbons (Fsp3) is 0.150. The molecule has 1 heterocycles. The molecule has 29 heavy (non-hydrogen) atoms. The maximum atomic E-state index is 14.3. The van der Waals surface area contributed by atoms with E-state index in [1.54, 1.807) is 30.3 Å². The average molecular weight is 400 g/mol. The van der Waals surface area contributed by atoms with E-state index in [1.165, 1.54) is 25.3 Å². The molecule has 3 N–H and O–H groups in total. The minimum atomic E-state index is -0.954. The van der Waals surface area contributed by atoms with Crippen molar-refractivity contribution in [3.05, 3.63) is 65.2 Å². The van der Waals surface area contributed by atoms with E-state index in [-0.39, 0.29) is 23.5 Å². The normalized spacial score (nSPS) is 15.6. The highest BCUT2D eigenvalue weighted by atomic mass is 19.1. The van der Waals surface area contributed by atoms with Gasteiger partial charge in [-0.15, -0.1) is 0 Å². The van der Waals surface area contributed by atoms with E-state index in [4.69, 9.17) is 15.2 Å². The summed E-state index contributed by atoms with van der Waals surface area (Å²) in [6.45, 7) is 0. The molecule has 8 nitrogen and oxygen atoms in total. The number of carbonyl (C=O) groups is 3. The van der Waals surface area contributed by atoms with Crippen LogP contribution in [0.2, 0.25) is 0 Å². The third-order valence-electron chi connectivity index (χ3n) is 4.02. The molecule has 2 aromatic rings.